The zero-order valence-corrected chi connectivity index (χ0v) is 19.1. The van der Waals surface area contributed by atoms with Gasteiger partial charge in [0.25, 0.3) is 0 Å². The summed E-state index contributed by atoms with van der Waals surface area (Å²) in [4.78, 5) is 14.8. The number of nitriles is 1. The number of hydrogen-bond donors (Lipinski definition) is 1. The van der Waals surface area contributed by atoms with Crippen LogP contribution in [0.3, 0.4) is 0 Å². The van der Waals surface area contributed by atoms with Crippen molar-refractivity contribution in [1.29, 1.82) is 5.26 Å². The Kier molecular flexibility index (Phi) is 7.91. The average Bonchev–Trinajstić information content (AvgIpc) is 3.05. The van der Waals surface area contributed by atoms with Crippen molar-refractivity contribution in [2.24, 2.45) is 5.92 Å². The van der Waals surface area contributed by atoms with Gasteiger partial charge in [-0.1, -0.05) is 24.3 Å². The molecule has 1 N–H and O–H groups in total. The summed E-state index contributed by atoms with van der Waals surface area (Å²) in [5.74, 6) is 0.246. The van der Waals surface area contributed by atoms with Gasteiger partial charge in [0, 0.05) is 30.8 Å². The molecule has 0 saturated heterocycles. The Morgan fingerprint density at radius 3 is 2.61 bits per heavy atom. The van der Waals surface area contributed by atoms with Gasteiger partial charge in [-0.2, -0.15) is 5.26 Å². The topological polar surface area (TPSA) is 56.1 Å². The number of carbonyl (C=O) groups excluding carboxylic acids is 1. The molecule has 0 aromatic heterocycles. The van der Waals surface area contributed by atoms with Gasteiger partial charge in [0.1, 0.15) is 5.82 Å². The van der Waals surface area contributed by atoms with Gasteiger partial charge in [-0.15, -0.1) is 0 Å². The van der Waals surface area contributed by atoms with Gasteiger partial charge in [0.2, 0.25) is 5.91 Å². The monoisotopic (exact) mass is 445 g/mol. The first-order valence-electron chi connectivity index (χ1n) is 12.1. The molecular formula is C28H32FN3O. The number of amides is 1. The molecule has 0 radical (unpaired) electrons. The first-order chi connectivity index (χ1) is 16.1. The average molecular weight is 446 g/mol. The second kappa shape index (κ2) is 11.2. The van der Waals surface area contributed by atoms with E-state index < -0.39 is 0 Å². The van der Waals surface area contributed by atoms with Gasteiger partial charge < -0.3 is 10.2 Å². The minimum Gasteiger partial charge on any atom is -0.350 e. The van der Waals surface area contributed by atoms with Crippen molar-refractivity contribution in [2.75, 3.05) is 19.6 Å². The normalized spacial score (nSPS) is 21.2. The summed E-state index contributed by atoms with van der Waals surface area (Å²) in [5, 5.41) is 12.2. The molecule has 1 heterocycles. The predicted octanol–water partition coefficient (Wildman–Crippen LogP) is 4.88. The number of carbonyl (C=O) groups is 1. The molecule has 172 valence electrons. The van der Waals surface area contributed by atoms with E-state index in [4.69, 9.17) is 5.26 Å². The highest BCUT2D eigenvalue weighted by molar-refractivity contribution is 5.91. The fourth-order valence-electron chi connectivity index (χ4n) is 5.05. The zero-order valence-electron chi connectivity index (χ0n) is 19.1. The van der Waals surface area contributed by atoms with E-state index in [0.29, 0.717) is 11.5 Å². The Hall–Kier alpha value is -2.97. The summed E-state index contributed by atoms with van der Waals surface area (Å²) in [6.07, 6.45) is 10.5. The maximum Gasteiger partial charge on any atom is 0.244 e. The third kappa shape index (κ3) is 6.52. The van der Waals surface area contributed by atoms with Crippen LogP contribution in [0.2, 0.25) is 0 Å². The van der Waals surface area contributed by atoms with Gasteiger partial charge in [-0.25, -0.2) is 4.39 Å². The Morgan fingerprint density at radius 2 is 1.85 bits per heavy atom. The fourth-order valence-corrected chi connectivity index (χ4v) is 5.05. The number of rotatable bonds is 6. The van der Waals surface area contributed by atoms with Crippen LogP contribution in [0.1, 0.15) is 54.4 Å². The number of halogens is 1. The molecule has 0 bridgehead atoms. The van der Waals surface area contributed by atoms with Crippen LogP contribution in [0.4, 0.5) is 4.39 Å². The molecular weight excluding hydrogens is 413 g/mol. The van der Waals surface area contributed by atoms with Gasteiger partial charge >= 0.3 is 0 Å². The van der Waals surface area contributed by atoms with E-state index in [1.165, 1.54) is 35.8 Å². The molecule has 1 amide bonds. The lowest BCUT2D eigenvalue weighted by atomic mass is 9.84. The molecule has 4 nitrogen and oxygen atoms in total. The molecule has 1 aliphatic heterocycles. The Morgan fingerprint density at radius 1 is 1.09 bits per heavy atom. The SMILES string of the molecule is N#Cc1ccc2c(c1)CCN(CCC1CCC(NC(=O)/C=C/c3ccccc3F)CC1)CC2. The minimum absolute atomic E-state index is 0.148. The summed E-state index contributed by atoms with van der Waals surface area (Å²) < 4.78 is 13.7. The molecule has 0 atom stereocenters. The van der Waals surface area contributed by atoms with Crippen LogP contribution in [0.5, 0.6) is 0 Å². The highest BCUT2D eigenvalue weighted by Gasteiger charge is 2.23. The van der Waals surface area contributed by atoms with Crippen LogP contribution in [0.15, 0.2) is 48.5 Å². The third-order valence-corrected chi connectivity index (χ3v) is 7.10. The number of nitrogens with one attached hydrogen (secondary N) is 1. The van der Waals surface area contributed by atoms with Crippen molar-refractivity contribution in [3.8, 4) is 6.07 Å². The predicted molar refractivity (Wildman–Crippen MR) is 129 cm³/mol. The molecule has 0 spiro atoms. The van der Waals surface area contributed by atoms with Gasteiger partial charge in [0.05, 0.1) is 11.6 Å². The van der Waals surface area contributed by atoms with E-state index in [9.17, 15) is 9.18 Å². The first-order valence-corrected chi connectivity index (χ1v) is 12.1. The first kappa shape index (κ1) is 23.2. The highest BCUT2D eigenvalue weighted by atomic mass is 19.1. The van der Waals surface area contributed by atoms with Gasteiger partial charge in [-0.05, 0) is 92.8 Å². The van der Waals surface area contributed by atoms with Crippen LogP contribution in [-0.2, 0) is 17.6 Å². The number of hydrogen-bond acceptors (Lipinski definition) is 3. The van der Waals surface area contributed by atoms with Crippen molar-refractivity contribution in [1.82, 2.24) is 10.2 Å². The van der Waals surface area contributed by atoms with E-state index >= 15 is 0 Å². The second-order valence-corrected chi connectivity index (χ2v) is 9.31. The maximum atomic E-state index is 13.7. The second-order valence-electron chi connectivity index (χ2n) is 9.31. The standard InChI is InChI=1S/C28H32FN3O/c29-27-4-2-1-3-24(27)9-12-28(33)31-26-10-6-21(7-11-26)13-16-32-17-14-23-8-5-22(20-30)19-25(23)15-18-32/h1-5,8-9,12,19,21,26H,6-7,10-11,13-18H2,(H,31,33)/b12-9+. The Bertz CT molecular complexity index is 1030. The maximum absolute atomic E-state index is 13.7. The van der Waals surface area contributed by atoms with E-state index in [0.717, 1.165) is 63.7 Å². The van der Waals surface area contributed by atoms with Crippen molar-refractivity contribution < 1.29 is 9.18 Å². The molecule has 0 unspecified atom stereocenters. The van der Waals surface area contributed by atoms with E-state index in [2.05, 4.69) is 28.4 Å². The Balaban J connectivity index is 1.17. The molecule has 5 heteroatoms. The fraction of sp³-hybridized carbons (Fsp3) is 0.429. The summed E-state index contributed by atoms with van der Waals surface area (Å²) in [6, 6.07) is 15.0. The highest BCUT2D eigenvalue weighted by Crippen LogP contribution is 2.27. The molecule has 4 rings (SSSR count). The van der Waals surface area contributed by atoms with Gasteiger partial charge in [0.15, 0.2) is 0 Å². The smallest absolute Gasteiger partial charge is 0.244 e. The zero-order chi connectivity index (χ0) is 23.0. The van der Waals surface area contributed by atoms with E-state index in [1.54, 1.807) is 18.2 Å². The van der Waals surface area contributed by atoms with Crippen molar-refractivity contribution in [3.63, 3.8) is 0 Å². The lowest BCUT2D eigenvalue weighted by Crippen LogP contribution is -2.37. The largest absolute Gasteiger partial charge is 0.350 e. The quantitative estimate of drug-likeness (QED) is 0.645. The molecule has 1 aliphatic carbocycles. The Labute approximate surface area is 196 Å². The minimum atomic E-state index is -0.317. The van der Waals surface area contributed by atoms with Crippen molar-refractivity contribution in [2.45, 2.75) is 51.0 Å². The molecule has 2 aromatic carbocycles. The molecule has 1 fully saturated rings. The number of nitrogens with zero attached hydrogens (tertiary/aromatic N) is 2. The summed E-state index contributed by atoms with van der Waals surface area (Å²) in [7, 11) is 0. The lowest BCUT2D eigenvalue weighted by Gasteiger charge is -2.30. The van der Waals surface area contributed by atoms with Crippen LogP contribution in [-0.4, -0.2) is 36.5 Å². The van der Waals surface area contributed by atoms with Crippen LogP contribution < -0.4 is 5.32 Å². The summed E-state index contributed by atoms with van der Waals surface area (Å²) in [6.45, 7) is 3.26. The van der Waals surface area contributed by atoms with E-state index in [-0.39, 0.29) is 17.8 Å². The van der Waals surface area contributed by atoms with Gasteiger partial charge in [-0.3, -0.25) is 4.79 Å². The van der Waals surface area contributed by atoms with Crippen LogP contribution in [0, 0.1) is 23.1 Å². The number of benzene rings is 2. The summed E-state index contributed by atoms with van der Waals surface area (Å²) >= 11 is 0. The van der Waals surface area contributed by atoms with E-state index in [1.807, 2.05) is 6.07 Å². The van der Waals surface area contributed by atoms with Crippen molar-refractivity contribution in [3.05, 3.63) is 76.6 Å². The van der Waals surface area contributed by atoms with Crippen molar-refractivity contribution >= 4 is 12.0 Å². The lowest BCUT2D eigenvalue weighted by molar-refractivity contribution is -0.117. The molecule has 1 saturated carbocycles. The summed E-state index contributed by atoms with van der Waals surface area (Å²) in [5.41, 5.74) is 3.90. The molecule has 33 heavy (non-hydrogen) atoms. The molecule has 2 aliphatic rings. The third-order valence-electron chi connectivity index (χ3n) is 7.10. The van der Waals surface area contributed by atoms with Crippen LogP contribution in [0.25, 0.3) is 6.08 Å². The van der Waals surface area contributed by atoms with Crippen LogP contribution >= 0.6 is 0 Å². The molecule has 2 aromatic rings. The number of fused-ring (bicyclic) bond motifs is 1.